The molecule has 0 fully saturated rings. The molecule has 1 amide bonds. The van der Waals surface area contributed by atoms with Crippen LogP contribution in [0.4, 0.5) is 4.39 Å². The van der Waals surface area contributed by atoms with Crippen LogP contribution in [0.5, 0.6) is 5.75 Å². The fourth-order valence-electron chi connectivity index (χ4n) is 2.78. The van der Waals surface area contributed by atoms with Crippen molar-refractivity contribution in [3.8, 4) is 17.0 Å². The topological polar surface area (TPSA) is 64.4 Å². The number of benzene rings is 2. The summed E-state index contributed by atoms with van der Waals surface area (Å²) >= 11 is 6.11. The molecule has 0 radical (unpaired) electrons. The molecular weight excluding hydrogens is 371 g/mol. The maximum atomic E-state index is 14.3. The van der Waals surface area contributed by atoms with E-state index in [9.17, 15) is 9.18 Å². The summed E-state index contributed by atoms with van der Waals surface area (Å²) in [5.74, 6) is 0.00632. The lowest BCUT2D eigenvalue weighted by Crippen LogP contribution is -2.27. The summed E-state index contributed by atoms with van der Waals surface area (Å²) in [6.07, 6.45) is 0. The minimum atomic E-state index is -0.576. The highest BCUT2D eigenvalue weighted by Gasteiger charge is 2.26. The van der Waals surface area contributed by atoms with Gasteiger partial charge in [0.1, 0.15) is 28.6 Å². The second-order valence-corrected chi connectivity index (χ2v) is 6.43. The molecule has 0 aliphatic heterocycles. The molecule has 0 aliphatic carbocycles. The van der Waals surface area contributed by atoms with E-state index >= 15 is 0 Å². The number of methoxy groups -OCH3 is 1. The number of nitrogens with zero attached hydrogens (tertiary/aromatic N) is 1. The third kappa shape index (κ3) is 3.80. The number of ether oxygens (including phenoxy) is 1. The monoisotopic (exact) mass is 388 g/mol. The van der Waals surface area contributed by atoms with Gasteiger partial charge in [0.25, 0.3) is 5.91 Å². The van der Waals surface area contributed by atoms with Crippen molar-refractivity contribution in [3.63, 3.8) is 0 Å². The molecular formula is C20H18ClFN2O3. The van der Waals surface area contributed by atoms with E-state index in [-0.39, 0.29) is 33.6 Å². The number of amides is 1. The van der Waals surface area contributed by atoms with Gasteiger partial charge in [-0.25, -0.2) is 4.39 Å². The zero-order valence-electron chi connectivity index (χ0n) is 15.0. The van der Waals surface area contributed by atoms with Gasteiger partial charge < -0.3 is 14.6 Å². The van der Waals surface area contributed by atoms with Gasteiger partial charge in [-0.15, -0.1) is 0 Å². The number of nitrogens with one attached hydrogen (secondary N) is 1. The molecule has 1 atom stereocenters. The second kappa shape index (κ2) is 7.80. The average molecular weight is 389 g/mol. The standard InChI is InChI=1S/C20H18ClFN2O3/c1-11(13-7-9-14(26-3)10-8-13)23-20(25)17-12(2)27-24-19(17)18-15(21)5-4-6-16(18)22/h4-11H,1-3H3,(H,23,25)/t11-/m1/s1. The number of rotatable bonds is 5. The Labute approximate surface area is 161 Å². The van der Waals surface area contributed by atoms with Gasteiger partial charge in [-0.2, -0.15) is 0 Å². The van der Waals surface area contributed by atoms with Crippen LogP contribution >= 0.6 is 11.6 Å². The SMILES string of the molecule is COc1ccc([C@@H](C)NC(=O)c2c(-c3c(F)cccc3Cl)noc2C)cc1. The number of carbonyl (C=O) groups excluding carboxylic acids is 1. The molecule has 3 rings (SSSR count). The molecule has 0 saturated carbocycles. The predicted molar refractivity (Wildman–Crippen MR) is 101 cm³/mol. The van der Waals surface area contributed by atoms with Crippen molar-refractivity contribution in [1.82, 2.24) is 10.5 Å². The van der Waals surface area contributed by atoms with Crippen molar-refractivity contribution >= 4 is 17.5 Å². The molecule has 5 nitrogen and oxygen atoms in total. The summed E-state index contributed by atoms with van der Waals surface area (Å²) in [7, 11) is 1.59. The van der Waals surface area contributed by atoms with Crippen LogP contribution in [0, 0.1) is 12.7 Å². The van der Waals surface area contributed by atoms with Crippen LogP contribution in [0.25, 0.3) is 11.3 Å². The molecule has 0 unspecified atom stereocenters. The molecule has 3 aromatic rings. The number of hydrogen-bond donors (Lipinski definition) is 1. The van der Waals surface area contributed by atoms with Crippen LogP contribution in [0.3, 0.4) is 0 Å². The molecule has 2 aromatic carbocycles. The highest BCUT2D eigenvalue weighted by Crippen LogP contribution is 2.33. The van der Waals surface area contributed by atoms with Gasteiger partial charge in [-0.3, -0.25) is 4.79 Å². The van der Waals surface area contributed by atoms with Crippen LogP contribution in [0.15, 0.2) is 47.0 Å². The maximum Gasteiger partial charge on any atom is 0.257 e. The third-order valence-corrected chi connectivity index (χ3v) is 4.57. The molecule has 27 heavy (non-hydrogen) atoms. The molecule has 7 heteroatoms. The van der Waals surface area contributed by atoms with Gasteiger partial charge in [0, 0.05) is 0 Å². The first-order chi connectivity index (χ1) is 12.9. The summed E-state index contributed by atoms with van der Waals surface area (Å²) in [5, 5.41) is 6.89. The van der Waals surface area contributed by atoms with Crippen molar-refractivity contribution in [1.29, 1.82) is 0 Å². The van der Waals surface area contributed by atoms with Gasteiger partial charge in [-0.05, 0) is 43.7 Å². The molecule has 0 aliphatic rings. The fraction of sp³-hybridized carbons (Fsp3) is 0.200. The molecule has 1 aromatic heterocycles. The van der Waals surface area contributed by atoms with Crippen LogP contribution in [-0.2, 0) is 0 Å². The number of aryl methyl sites for hydroxylation is 1. The first-order valence-electron chi connectivity index (χ1n) is 8.27. The van der Waals surface area contributed by atoms with E-state index in [0.29, 0.717) is 0 Å². The van der Waals surface area contributed by atoms with Gasteiger partial charge in [-0.1, -0.05) is 35.0 Å². The molecule has 140 valence electrons. The Hall–Kier alpha value is -2.86. The normalized spacial score (nSPS) is 11.9. The molecule has 1 N–H and O–H groups in total. The van der Waals surface area contributed by atoms with E-state index in [2.05, 4.69) is 10.5 Å². The van der Waals surface area contributed by atoms with E-state index in [0.717, 1.165) is 11.3 Å². The van der Waals surface area contributed by atoms with E-state index in [4.69, 9.17) is 20.9 Å². The highest BCUT2D eigenvalue weighted by molar-refractivity contribution is 6.33. The minimum absolute atomic E-state index is 0.0401. The van der Waals surface area contributed by atoms with Crippen LogP contribution in [0.1, 0.15) is 34.6 Å². The summed E-state index contributed by atoms with van der Waals surface area (Å²) in [6.45, 7) is 3.44. The van der Waals surface area contributed by atoms with Crippen LogP contribution in [-0.4, -0.2) is 18.2 Å². The Kier molecular flexibility index (Phi) is 5.46. The Morgan fingerprint density at radius 1 is 1.26 bits per heavy atom. The van der Waals surface area contributed by atoms with Crippen molar-refractivity contribution in [2.45, 2.75) is 19.9 Å². The first kappa shape index (κ1) is 18.9. The Balaban J connectivity index is 1.90. The largest absolute Gasteiger partial charge is 0.497 e. The van der Waals surface area contributed by atoms with E-state index in [1.54, 1.807) is 14.0 Å². The predicted octanol–water partition coefficient (Wildman–Crippen LogP) is 4.94. The van der Waals surface area contributed by atoms with Crippen molar-refractivity contribution in [2.75, 3.05) is 7.11 Å². The third-order valence-electron chi connectivity index (χ3n) is 4.25. The lowest BCUT2D eigenvalue weighted by Gasteiger charge is -2.15. The second-order valence-electron chi connectivity index (χ2n) is 6.03. The van der Waals surface area contributed by atoms with Crippen molar-refractivity contribution in [3.05, 3.63) is 70.2 Å². The fourth-order valence-corrected chi connectivity index (χ4v) is 3.03. The smallest absolute Gasteiger partial charge is 0.257 e. The lowest BCUT2D eigenvalue weighted by atomic mass is 10.0. The zero-order chi connectivity index (χ0) is 19.6. The van der Waals surface area contributed by atoms with Crippen LogP contribution < -0.4 is 10.1 Å². The van der Waals surface area contributed by atoms with Crippen LogP contribution in [0.2, 0.25) is 5.02 Å². The lowest BCUT2D eigenvalue weighted by molar-refractivity contribution is 0.0939. The number of carbonyl (C=O) groups is 1. The molecule has 1 heterocycles. The highest BCUT2D eigenvalue weighted by atomic mass is 35.5. The first-order valence-corrected chi connectivity index (χ1v) is 8.65. The van der Waals surface area contributed by atoms with E-state index in [1.165, 1.54) is 18.2 Å². The number of halogens is 2. The Morgan fingerprint density at radius 2 is 1.96 bits per heavy atom. The summed E-state index contributed by atoms with van der Waals surface area (Å²) in [5.41, 5.74) is 1.17. The number of aromatic nitrogens is 1. The molecule has 0 bridgehead atoms. The average Bonchev–Trinajstić information content (AvgIpc) is 3.03. The van der Waals surface area contributed by atoms with Gasteiger partial charge in [0.15, 0.2) is 0 Å². The molecule has 0 spiro atoms. The van der Waals surface area contributed by atoms with E-state index in [1.807, 2.05) is 31.2 Å². The summed E-state index contributed by atoms with van der Waals surface area (Å²) in [4.78, 5) is 12.8. The van der Waals surface area contributed by atoms with Crippen molar-refractivity contribution in [2.24, 2.45) is 0 Å². The van der Waals surface area contributed by atoms with Crippen molar-refractivity contribution < 1.29 is 18.4 Å². The summed E-state index contributed by atoms with van der Waals surface area (Å²) in [6, 6.07) is 11.3. The minimum Gasteiger partial charge on any atom is -0.497 e. The van der Waals surface area contributed by atoms with E-state index < -0.39 is 11.7 Å². The maximum absolute atomic E-state index is 14.3. The number of hydrogen-bond acceptors (Lipinski definition) is 4. The quantitative estimate of drug-likeness (QED) is 0.672. The Bertz CT molecular complexity index is 950. The van der Waals surface area contributed by atoms with Gasteiger partial charge in [0.05, 0.1) is 23.7 Å². The van der Waals surface area contributed by atoms with Gasteiger partial charge >= 0.3 is 0 Å². The van der Waals surface area contributed by atoms with Gasteiger partial charge in [0.2, 0.25) is 0 Å². The zero-order valence-corrected chi connectivity index (χ0v) is 15.8. The molecule has 0 saturated heterocycles. The summed E-state index contributed by atoms with van der Waals surface area (Å²) < 4.78 is 24.6. The Morgan fingerprint density at radius 3 is 2.59 bits per heavy atom.